The van der Waals surface area contributed by atoms with Gasteiger partial charge < -0.3 is 9.64 Å². The molecule has 1 aromatic rings. The average molecular weight is 378 g/mol. The maximum Gasteiger partial charge on any atom is 0.246 e. The van der Waals surface area contributed by atoms with E-state index in [1.807, 2.05) is 12.1 Å². The van der Waals surface area contributed by atoms with E-state index in [4.69, 9.17) is 4.74 Å². The first-order valence-corrected chi connectivity index (χ1v) is 9.84. The Morgan fingerprint density at radius 3 is 2.39 bits per heavy atom. The summed E-state index contributed by atoms with van der Waals surface area (Å²) in [6.45, 7) is 2.32. The molecule has 3 fully saturated rings. The fourth-order valence-electron chi connectivity index (χ4n) is 4.98. The summed E-state index contributed by atoms with van der Waals surface area (Å²) in [7, 11) is 0. The second kappa shape index (κ2) is 6.71. The number of benzene rings is 1. The van der Waals surface area contributed by atoms with E-state index in [-0.39, 0.29) is 41.4 Å². The zero-order valence-corrected chi connectivity index (χ0v) is 15.5. The van der Waals surface area contributed by atoms with Gasteiger partial charge >= 0.3 is 0 Å². The fourth-order valence-corrected chi connectivity index (χ4v) is 4.98. The van der Waals surface area contributed by atoms with Gasteiger partial charge in [0.2, 0.25) is 17.7 Å². The molecule has 4 atom stereocenters. The number of hydrogen-bond acceptors (Lipinski definition) is 4. The van der Waals surface area contributed by atoms with Gasteiger partial charge in [-0.25, -0.2) is 4.90 Å². The number of ether oxygens (including phenoxy) is 1. The van der Waals surface area contributed by atoms with Gasteiger partial charge in [-0.3, -0.25) is 14.4 Å². The fraction of sp³-hybridized carbons (Fsp3) is 0.409. The summed E-state index contributed by atoms with van der Waals surface area (Å²) in [5, 5.41) is 0. The van der Waals surface area contributed by atoms with E-state index in [0.29, 0.717) is 32.0 Å². The topological polar surface area (TPSA) is 66.9 Å². The minimum absolute atomic E-state index is 0.0563. The Morgan fingerprint density at radius 2 is 1.71 bits per heavy atom. The van der Waals surface area contributed by atoms with Crippen LogP contribution in [0.4, 0.5) is 5.69 Å². The highest BCUT2D eigenvalue weighted by atomic mass is 16.5. The normalized spacial score (nSPS) is 31.3. The van der Waals surface area contributed by atoms with Crippen LogP contribution in [0.3, 0.4) is 0 Å². The van der Waals surface area contributed by atoms with E-state index < -0.39 is 0 Å². The van der Waals surface area contributed by atoms with Gasteiger partial charge in [-0.1, -0.05) is 24.3 Å². The van der Waals surface area contributed by atoms with Crippen molar-refractivity contribution < 1.29 is 19.1 Å². The number of morpholine rings is 1. The Labute approximate surface area is 163 Å². The van der Waals surface area contributed by atoms with Crippen molar-refractivity contribution in [3.63, 3.8) is 0 Å². The minimum Gasteiger partial charge on any atom is -0.378 e. The zero-order chi connectivity index (χ0) is 19.3. The van der Waals surface area contributed by atoms with Gasteiger partial charge in [0.15, 0.2) is 0 Å². The van der Waals surface area contributed by atoms with Crippen molar-refractivity contribution in [2.24, 2.45) is 23.7 Å². The van der Waals surface area contributed by atoms with Gasteiger partial charge in [0, 0.05) is 19.2 Å². The summed E-state index contributed by atoms with van der Waals surface area (Å²) < 4.78 is 5.26. The van der Waals surface area contributed by atoms with E-state index in [9.17, 15) is 14.4 Å². The molecule has 2 heterocycles. The number of carbonyl (C=O) groups excluding carboxylic acids is 3. The highest BCUT2D eigenvalue weighted by Gasteiger charge is 2.59. The minimum atomic E-state index is -0.204. The Hall–Kier alpha value is -2.73. The van der Waals surface area contributed by atoms with Gasteiger partial charge in [0.1, 0.15) is 0 Å². The van der Waals surface area contributed by atoms with Crippen LogP contribution < -0.4 is 4.90 Å². The molecule has 144 valence electrons. The first kappa shape index (κ1) is 17.4. The lowest BCUT2D eigenvalue weighted by Crippen LogP contribution is -2.39. The molecule has 1 saturated carbocycles. The summed E-state index contributed by atoms with van der Waals surface area (Å²) in [6.07, 6.45) is 8.39. The van der Waals surface area contributed by atoms with Crippen LogP contribution >= 0.6 is 0 Å². The third-order valence-corrected chi connectivity index (χ3v) is 6.34. The van der Waals surface area contributed by atoms with Crippen molar-refractivity contribution in [2.75, 3.05) is 31.2 Å². The molecule has 0 radical (unpaired) electrons. The van der Waals surface area contributed by atoms with E-state index in [1.165, 1.54) is 11.0 Å². The van der Waals surface area contributed by atoms with E-state index in [2.05, 4.69) is 12.2 Å². The second-order valence-corrected chi connectivity index (χ2v) is 7.88. The SMILES string of the molecule is O=C(/C=C\c1cccc(N2C(=O)[C@@H]3[C@@H](C2=O)[C@@H]2C=C[C@@H]3C2)c1)N1CCOCC1. The molecule has 3 amide bonds. The molecule has 0 aromatic heterocycles. The van der Waals surface area contributed by atoms with Gasteiger partial charge in [-0.05, 0) is 42.0 Å². The largest absolute Gasteiger partial charge is 0.378 e. The number of allylic oxidation sites excluding steroid dienone is 2. The van der Waals surface area contributed by atoms with Crippen LogP contribution in [0.2, 0.25) is 0 Å². The molecule has 2 aliphatic heterocycles. The molecular weight excluding hydrogens is 356 g/mol. The molecule has 6 nitrogen and oxygen atoms in total. The van der Waals surface area contributed by atoms with Crippen molar-refractivity contribution in [3.05, 3.63) is 48.1 Å². The molecule has 6 heteroatoms. The number of rotatable bonds is 3. The van der Waals surface area contributed by atoms with Crippen LogP contribution in [-0.2, 0) is 19.1 Å². The molecule has 5 rings (SSSR count). The van der Waals surface area contributed by atoms with Crippen LogP contribution in [0.5, 0.6) is 0 Å². The predicted octanol–water partition coefficient (Wildman–Crippen LogP) is 1.87. The number of anilines is 1. The number of fused-ring (bicyclic) bond motifs is 5. The summed E-state index contributed by atoms with van der Waals surface area (Å²) >= 11 is 0. The maximum atomic E-state index is 13.0. The highest BCUT2D eigenvalue weighted by Crippen LogP contribution is 2.53. The molecule has 0 spiro atoms. The summed E-state index contributed by atoms with van der Waals surface area (Å²) in [5.74, 6) is -0.237. The summed E-state index contributed by atoms with van der Waals surface area (Å²) in [5.41, 5.74) is 1.38. The predicted molar refractivity (Wildman–Crippen MR) is 103 cm³/mol. The number of nitrogens with zero attached hydrogens (tertiary/aromatic N) is 2. The van der Waals surface area contributed by atoms with Gasteiger partial charge in [0.25, 0.3) is 0 Å². The summed E-state index contributed by atoms with van der Waals surface area (Å²) in [4.78, 5) is 41.3. The number of hydrogen-bond donors (Lipinski definition) is 0. The van der Waals surface area contributed by atoms with Crippen molar-refractivity contribution in [3.8, 4) is 0 Å². The number of carbonyl (C=O) groups is 3. The Morgan fingerprint density at radius 1 is 1.04 bits per heavy atom. The van der Waals surface area contributed by atoms with Crippen LogP contribution in [0, 0.1) is 23.7 Å². The molecule has 2 saturated heterocycles. The average Bonchev–Trinajstić information content (AvgIpc) is 3.41. The quantitative estimate of drug-likeness (QED) is 0.458. The van der Waals surface area contributed by atoms with Crippen molar-refractivity contribution in [2.45, 2.75) is 6.42 Å². The van der Waals surface area contributed by atoms with Crippen LogP contribution in [0.25, 0.3) is 6.08 Å². The van der Waals surface area contributed by atoms with Gasteiger partial charge in [-0.2, -0.15) is 0 Å². The number of imide groups is 1. The zero-order valence-electron chi connectivity index (χ0n) is 15.5. The Balaban J connectivity index is 1.35. The van der Waals surface area contributed by atoms with Crippen molar-refractivity contribution in [1.29, 1.82) is 0 Å². The molecular formula is C22H22N2O4. The maximum absolute atomic E-state index is 13.0. The third kappa shape index (κ3) is 2.71. The lowest BCUT2D eigenvalue weighted by molar-refractivity contribution is -0.130. The number of amides is 3. The highest BCUT2D eigenvalue weighted by molar-refractivity contribution is 6.22. The lowest BCUT2D eigenvalue weighted by Gasteiger charge is -2.25. The van der Waals surface area contributed by atoms with Crippen LogP contribution in [0.1, 0.15) is 12.0 Å². The van der Waals surface area contributed by atoms with E-state index >= 15 is 0 Å². The van der Waals surface area contributed by atoms with Gasteiger partial charge in [-0.15, -0.1) is 0 Å². The smallest absolute Gasteiger partial charge is 0.246 e. The molecule has 2 bridgehead atoms. The van der Waals surface area contributed by atoms with Crippen LogP contribution in [-0.4, -0.2) is 48.9 Å². The Kier molecular flexibility index (Phi) is 4.16. The first-order valence-electron chi connectivity index (χ1n) is 9.84. The van der Waals surface area contributed by atoms with Crippen LogP contribution in [0.15, 0.2) is 42.5 Å². The van der Waals surface area contributed by atoms with E-state index in [1.54, 1.807) is 23.1 Å². The summed E-state index contributed by atoms with van der Waals surface area (Å²) in [6, 6.07) is 7.27. The second-order valence-electron chi connectivity index (χ2n) is 7.88. The first-order chi connectivity index (χ1) is 13.6. The third-order valence-electron chi connectivity index (χ3n) is 6.34. The molecule has 0 unspecified atom stereocenters. The molecule has 1 aromatic carbocycles. The molecule has 4 aliphatic rings. The standard InChI is InChI=1S/C22H22N2O4/c25-18(23-8-10-28-11-9-23)7-4-14-2-1-3-17(12-14)24-21(26)19-15-5-6-16(13-15)20(19)22(24)27/h1-7,12,15-16,19-20H,8-11,13H2/b7-4-/t15-,16-,19+,20+/m1/s1. The van der Waals surface area contributed by atoms with Crippen molar-refractivity contribution in [1.82, 2.24) is 4.90 Å². The van der Waals surface area contributed by atoms with E-state index in [0.717, 1.165) is 12.0 Å². The lowest BCUT2D eigenvalue weighted by atomic mass is 9.85. The van der Waals surface area contributed by atoms with Gasteiger partial charge in [0.05, 0.1) is 30.7 Å². The monoisotopic (exact) mass is 378 g/mol. The molecule has 28 heavy (non-hydrogen) atoms. The molecule has 2 aliphatic carbocycles. The Bertz CT molecular complexity index is 870. The molecule has 0 N–H and O–H groups in total. The van der Waals surface area contributed by atoms with Crippen molar-refractivity contribution >= 4 is 29.5 Å².